The molecule has 142 valence electrons. The van der Waals surface area contributed by atoms with Gasteiger partial charge in [0.1, 0.15) is 12.2 Å². The fraction of sp³-hybridized carbons (Fsp3) is 0.812. The molecule has 3 fully saturated rings. The summed E-state index contributed by atoms with van der Waals surface area (Å²) in [7, 11) is 0. The van der Waals surface area contributed by atoms with Crippen molar-refractivity contribution >= 4 is 29.9 Å². The first kappa shape index (κ1) is 20.4. The Hall–Kier alpha value is -0.940. The maximum absolute atomic E-state index is 4.80. The largest absolute Gasteiger partial charge is 0.357 e. The molecule has 0 saturated carbocycles. The quantitative estimate of drug-likeness (QED) is 0.338. The van der Waals surface area contributed by atoms with Gasteiger partial charge in [-0.1, -0.05) is 6.92 Å². The molecule has 1 aromatic heterocycles. The van der Waals surface area contributed by atoms with Gasteiger partial charge in [0.25, 0.3) is 0 Å². The molecule has 3 aliphatic rings. The molecule has 1 unspecified atom stereocenters. The van der Waals surface area contributed by atoms with E-state index in [9.17, 15) is 0 Å². The highest BCUT2D eigenvalue weighted by Gasteiger charge is 2.31. The minimum Gasteiger partial charge on any atom is -0.357 e. The van der Waals surface area contributed by atoms with E-state index in [1.807, 2.05) is 0 Å². The number of guanidine groups is 1. The molecule has 3 aliphatic heterocycles. The lowest BCUT2D eigenvalue weighted by Crippen LogP contribution is -2.62. The molecule has 4 rings (SSSR count). The summed E-state index contributed by atoms with van der Waals surface area (Å²) in [6, 6.07) is 0.562. The van der Waals surface area contributed by atoms with Crippen LogP contribution in [-0.2, 0) is 13.0 Å². The average molecular weight is 462 g/mol. The first-order valence-electron chi connectivity index (χ1n) is 9.15. The summed E-state index contributed by atoms with van der Waals surface area (Å²) in [6.45, 7) is 13.6. The van der Waals surface area contributed by atoms with Crippen LogP contribution in [0.1, 0.15) is 19.7 Å². The average Bonchev–Trinajstić information content (AvgIpc) is 3.08. The summed E-state index contributed by atoms with van der Waals surface area (Å²) in [5, 5.41) is 14.9. The number of aliphatic imine (C=N–C) groups is 1. The monoisotopic (exact) mass is 462 g/mol. The van der Waals surface area contributed by atoms with Gasteiger partial charge in [-0.05, 0) is 6.92 Å². The van der Waals surface area contributed by atoms with Gasteiger partial charge in [-0.3, -0.25) is 14.8 Å². The van der Waals surface area contributed by atoms with Gasteiger partial charge >= 0.3 is 0 Å². The molecule has 8 nitrogen and oxygen atoms in total. The smallest absolute Gasteiger partial charge is 0.191 e. The number of nitrogens with zero attached hydrogens (tertiary/aromatic N) is 6. The Morgan fingerprint density at radius 1 is 1.24 bits per heavy atom. The van der Waals surface area contributed by atoms with Gasteiger partial charge < -0.3 is 15.2 Å². The molecule has 4 heterocycles. The minimum atomic E-state index is 0. The number of piperazine rings is 3. The van der Waals surface area contributed by atoms with Crippen LogP contribution < -0.4 is 10.6 Å². The van der Waals surface area contributed by atoms with Crippen molar-refractivity contribution in [1.29, 1.82) is 0 Å². The van der Waals surface area contributed by atoms with E-state index in [1.165, 1.54) is 26.2 Å². The molecule has 25 heavy (non-hydrogen) atoms. The summed E-state index contributed by atoms with van der Waals surface area (Å²) in [4.78, 5) is 9.94. The highest BCUT2D eigenvalue weighted by atomic mass is 127. The van der Waals surface area contributed by atoms with Crippen molar-refractivity contribution in [2.24, 2.45) is 4.99 Å². The molecule has 0 amide bonds. The lowest BCUT2D eigenvalue weighted by atomic mass is 10.1. The Morgan fingerprint density at radius 3 is 2.68 bits per heavy atom. The molecule has 3 saturated heterocycles. The number of rotatable bonds is 7. The molecule has 0 radical (unpaired) electrons. The molecular weight excluding hydrogens is 431 g/mol. The maximum Gasteiger partial charge on any atom is 0.191 e. The minimum absolute atomic E-state index is 0. The molecular formula is C16H31IN8. The zero-order chi connectivity index (χ0) is 16.8. The van der Waals surface area contributed by atoms with Crippen LogP contribution in [0.4, 0.5) is 0 Å². The first-order chi connectivity index (χ1) is 11.8. The van der Waals surface area contributed by atoms with Crippen molar-refractivity contribution in [3.8, 4) is 0 Å². The van der Waals surface area contributed by atoms with Crippen LogP contribution in [0.25, 0.3) is 0 Å². The van der Waals surface area contributed by atoms with Gasteiger partial charge in [-0.2, -0.15) is 0 Å². The second kappa shape index (κ2) is 10.3. The molecule has 0 aliphatic carbocycles. The van der Waals surface area contributed by atoms with E-state index in [0.29, 0.717) is 6.04 Å². The highest BCUT2D eigenvalue weighted by Crippen LogP contribution is 2.15. The molecule has 0 aromatic carbocycles. The van der Waals surface area contributed by atoms with E-state index in [0.717, 1.165) is 50.9 Å². The fourth-order valence-corrected chi connectivity index (χ4v) is 3.47. The third-order valence-electron chi connectivity index (χ3n) is 4.85. The van der Waals surface area contributed by atoms with Crippen LogP contribution >= 0.6 is 24.0 Å². The second-order valence-electron chi connectivity index (χ2n) is 6.43. The Kier molecular flexibility index (Phi) is 8.37. The predicted molar refractivity (Wildman–Crippen MR) is 111 cm³/mol. The number of halogens is 1. The normalized spacial score (nSPS) is 25.5. The third-order valence-corrected chi connectivity index (χ3v) is 4.85. The van der Waals surface area contributed by atoms with Crippen LogP contribution in [0.15, 0.2) is 11.3 Å². The Bertz CT molecular complexity index is 538. The summed E-state index contributed by atoms with van der Waals surface area (Å²) in [6.07, 6.45) is 2.70. The Balaban J connectivity index is 0.00000225. The van der Waals surface area contributed by atoms with Gasteiger partial charge in [-0.25, -0.2) is 0 Å². The van der Waals surface area contributed by atoms with Crippen LogP contribution in [0.3, 0.4) is 0 Å². The van der Waals surface area contributed by atoms with E-state index in [4.69, 9.17) is 4.99 Å². The zero-order valence-electron chi connectivity index (χ0n) is 15.3. The summed E-state index contributed by atoms with van der Waals surface area (Å²) < 4.78 is 2.09. The van der Waals surface area contributed by atoms with Crippen molar-refractivity contribution < 1.29 is 0 Å². The van der Waals surface area contributed by atoms with E-state index >= 15 is 0 Å². The molecule has 2 N–H and O–H groups in total. The fourth-order valence-electron chi connectivity index (χ4n) is 3.47. The van der Waals surface area contributed by atoms with E-state index in [-0.39, 0.29) is 24.0 Å². The van der Waals surface area contributed by atoms with Crippen molar-refractivity contribution in [3.63, 3.8) is 0 Å². The number of aryl methyl sites for hydroxylation is 1. The third kappa shape index (κ3) is 5.52. The van der Waals surface area contributed by atoms with E-state index in [2.05, 4.69) is 49.0 Å². The molecule has 2 bridgehead atoms. The van der Waals surface area contributed by atoms with Crippen molar-refractivity contribution in [2.45, 2.75) is 32.9 Å². The first-order valence-corrected chi connectivity index (χ1v) is 9.15. The number of nitrogens with one attached hydrogen (secondary N) is 2. The van der Waals surface area contributed by atoms with E-state index < -0.39 is 0 Å². The molecule has 0 spiro atoms. The lowest BCUT2D eigenvalue weighted by molar-refractivity contribution is 0.0174. The van der Waals surface area contributed by atoms with Crippen molar-refractivity contribution in [3.05, 3.63) is 12.2 Å². The Labute approximate surface area is 167 Å². The second-order valence-corrected chi connectivity index (χ2v) is 6.43. The van der Waals surface area contributed by atoms with Crippen molar-refractivity contribution in [2.75, 3.05) is 52.4 Å². The Morgan fingerprint density at radius 2 is 2.04 bits per heavy atom. The number of hydrogen-bond acceptors (Lipinski definition) is 5. The van der Waals surface area contributed by atoms with Gasteiger partial charge in [0, 0.05) is 64.8 Å². The number of hydrogen-bond donors (Lipinski definition) is 2. The predicted octanol–water partition coefficient (Wildman–Crippen LogP) is 0.0134. The summed E-state index contributed by atoms with van der Waals surface area (Å²) in [5.74, 6) is 1.93. The molecule has 9 heteroatoms. The maximum atomic E-state index is 4.80. The molecule has 1 atom stereocenters. The van der Waals surface area contributed by atoms with Gasteiger partial charge in [0.05, 0.1) is 6.54 Å². The van der Waals surface area contributed by atoms with Gasteiger partial charge in [0.15, 0.2) is 5.96 Å². The molecule has 1 aromatic rings. The van der Waals surface area contributed by atoms with E-state index in [1.54, 1.807) is 6.33 Å². The van der Waals surface area contributed by atoms with Crippen LogP contribution in [0.5, 0.6) is 0 Å². The van der Waals surface area contributed by atoms with Gasteiger partial charge in [-0.15, -0.1) is 34.2 Å². The van der Waals surface area contributed by atoms with Crippen LogP contribution in [0, 0.1) is 0 Å². The summed E-state index contributed by atoms with van der Waals surface area (Å²) in [5.41, 5.74) is 0. The number of fused-ring (bicyclic) bond motifs is 3. The topological polar surface area (TPSA) is 73.6 Å². The SMILES string of the molecule is CCNC(=NCC1CN2CCN1CC2)NCCn1cnnc1CC.I. The van der Waals surface area contributed by atoms with Gasteiger partial charge in [0.2, 0.25) is 0 Å². The van der Waals surface area contributed by atoms with Crippen molar-refractivity contribution in [1.82, 2.24) is 35.2 Å². The summed E-state index contributed by atoms with van der Waals surface area (Å²) >= 11 is 0. The standard InChI is InChI=1S/C16H30N8.HI/c1-3-15-21-20-13-24(15)6-5-18-16(17-4-2)19-11-14-12-22-7-9-23(14)10-8-22;/h13-14H,3-12H2,1-2H3,(H2,17,18,19);1H. The van der Waals surface area contributed by atoms with Crippen LogP contribution in [0.2, 0.25) is 0 Å². The highest BCUT2D eigenvalue weighted by molar-refractivity contribution is 14.0. The van der Waals surface area contributed by atoms with Crippen LogP contribution in [-0.4, -0.2) is 88.9 Å². The lowest BCUT2D eigenvalue weighted by Gasteiger charge is -2.47. The number of aromatic nitrogens is 3. The zero-order valence-corrected chi connectivity index (χ0v) is 17.6.